The quantitative estimate of drug-likeness (QED) is 0.142. The fourth-order valence-electron chi connectivity index (χ4n) is 5.50. The van der Waals surface area contributed by atoms with Gasteiger partial charge in [0.2, 0.25) is 5.90 Å². The molecule has 0 bridgehead atoms. The third kappa shape index (κ3) is 9.03. The number of aliphatic hydroxyl groups excluding tert-OH is 1. The summed E-state index contributed by atoms with van der Waals surface area (Å²) in [5.41, 5.74) is 5.41. The van der Waals surface area contributed by atoms with Crippen molar-refractivity contribution in [2.75, 3.05) is 19.8 Å². The number of hydrazine groups is 1. The summed E-state index contributed by atoms with van der Waals surface area (Å²) < 4.78 is 18.6. The van der Waals surface area contributed by atoms with Crippen molar-refractivity contribution in [3.8, 4) is 5.75 Å². The monoisotopic (exact) mass is 657 g/mol. The molecule has 4 rings (SSSR count). The Kier molecular flexibility index (Phi) is 11.6. The van der Waals surface area contributed by atoms with Gasteiger partial charge in [-0.25, -0.2) is 10.4 Å². The Bertz CT molecular complexity index is 1260. The topological polar surface area (TPSA) is 118 Å². The molecule has 1 amide bonds. The van der Waals surface area contributed by atoms with Crippen LogP contribution in [0.1, 0.15) is 89.4 Å². The number of ether oxygens (including phenoxy) is 3. The fourth-order valence-corrected chi connectivity index (χ4v) is 5.99. The van der Waals surface area contributed by atoms with E-state index in [0.29, 0.717) is 42.7 Å². The van der Waals surface area contributed by atoms with E-state index < -0.39 is 23.2 Å². The highest BCUT2D eigenvalue weighted by Gasteiger charge is 2.54. The minimum absolute atomic E-state index is 0.0218. The third-order valence-electron chi connectivity index (χ3n) is 7.67. The standard InChI is InChI=1S/C33H44BrN3O6/c1-32(2,3)43-28(39)18-19-33(31(40)37-35-22-23-10-5-4-6-11-23)29(26-12-7-8-13-27(26)34)42-30(36-33)24-14-16-25(17-15-24)41-21-9-20-38/h7-8,12-17,23,29,35,38H,4-6,9-11,18-22H2,1-3H3,(H,37,40)/t29-,33-/m0/s1. The van der Waals surface area contributed by atoms with Crippen molar-refractivity contribution in [2.45, 2.75) is 89.4 Å². The minimum Gasteiger partial charge on any atom is -0.494 e. The number of halogens is 1. The second kappa shape index (κ2) is 15.2. The maximum absolute atomic E-state index is 14.2. The first-order valence-electron chi connectivity index (χ1n) is 15.2. The molecule has 43 heavy (non-hydrogen) atoms. The van der Waals surface area contributed by atoms with Gasteiger partial charge in [0, 0.05) is 41.6 Å². The zero-order valence-corrected chi connectivity index (χ0v) is 27.0. The van der Waals surface area contributed by atoms with Crippen molar-refractivity contribution in [2.24, 2.45) is 10.9 Å². The van der Waals surface area contributed by atoms with Gasteiger partial charge in [0.1, 0.15) is 11.4 Å². The molecule has 2 aromatic rings. The van der Waals surface area contributed by atoms with E-state index in [1.54, 1.807) is 12.1 Å². The highest BCUT2D eigenvalue weighted by atomic mass is 79.9. The predicted octanol–water partition coefficient (Wildman–Crippen LogP) is 5.79. The molecule has 3 N–H and O–H groups in total. The summed E-state index contributed by atoms with van der Waals surface area (Å²) in [6.45, 7) is 6.58. The maximum atomic E-state index is 14.2. The number of rotatable bonds is 13. The normalized spacial score (nSPS) is 20.7. The van der Waals surface area contributed by atoms with E-state index in [1.165, 1.54) is 19.3 Å². The Balaban J connectivity index is 1.66. The number of nitrogens with zero attached hydrogens (tertiary/aromatic N) is 1. The van der Waals surface area contributed by atoms with Gasteiger partial charge in [-0.05, 0) is 76.3 Å². The molecule has 1 aliphatic heterocycles. The Morgan fingerprint density at radius 3 is 2.49 bits per heavy atom. The molecule has 0 unspecified atom stereocenters. The summed E-state index contributed by atoms with van der Waals surface area (Å²) in [4.78, 5) is 32.1. The SMILES string of the molecule is CC(C)(C)OC(=O)CC[C@]1(C(=O)NNCC2CCCCC2)N=C(c2ccc(OCCCO)cc2)O[C@H]1c1ccccc1Br. The molecule has 10 heteroatoms. The molecule has 1 aliphatic carbocycles. The number of benzene rings is 2. The van der Waals surface area contributed by atoms with E-state index in [9.17, 15) is 9.59 Å². The minimum atomic E-state index is -1.45. The van der Waals surface area contributed by atoms with Crippen LogP contribution in [-0.2, 0) is 19.1 Å². The van der Waals surface area contributed by atoms with Crippen molar-refractivity contribution in [3.63, 3.8) is 0 Å². The highest BCUT2D eigenvalue weighted by Crippen LogP contribution is 2.45. The number of aliphatic hydroxyl groups is 1. The predicted molar refractivity (Wildman–Crippen MR) is 169 cm³/mol. The van der Waals surface area contributed by atoms with Gasteiger partial charge in [-0.15, -0.1) is 0 Å². The number of nitrogens with one attached hydrogen (secondary N) is 2. The van der Waals surface area contributed by atoms with E-state index in [1.807, 2.05) is 57.2 Å². The van der Waals surface area contributed by atoms with Crippen molar-refractivity contribution in [1.82, 2.24) is 10.9 Å². The number of esters is 1. The van der Waals surface area contributed by atoms with Gasteiger partial charge in [-0.2, -0.15) is 0 Å². The van der Waals surface area contributed by atoms with E-state index in [-0.39, 0.29) is 25.4 Å². The molecule has 2 aliphatic rings. The molecule has 1 heterocycles. The van der Waals surface area contributed by atoms with Crippen LogP contribution in [-0.4, -0.2) is 53.8 Å². The molecule has 2 aromatic carbocycles. The van der Waals surface area contributed by atoms with Gasteiger partial charge in [0.25, 0.3) is 5.91 Å². The zero-order chi connectivity index (χ0) is 30.9. The first-order valence-corrected chi connectivity index (χ1v) is 16.0. The largest absolute Gasteiger partial charge is 0.494 e. The van der Waals surface area contributed by atoms with Crippen LogP contribution < -0.4 is 15.6 Å². The summed E-state index contributed by atoms with van der Waals surface area (Å²) in [7, 11) is 0. The third-order valence-corrected chi connectivity index (χ3v) is 8.39. The number of aliphatic imine (C=N–C) groups is 1. The summed E-state index contributed by atoms with van der Waals surface area (Å²) >= 11 is 3.64. The molecule has 0 aromatic heterocycles. The fraction of sp³-hybridized carbons (Fsp3) is 0.545. The van der Waals surface area contributed by atoms with Crippen LogP contribution in [0.25, 0.3) is 0 Å². The van der Waals surface area contributed by atoms with Gasteiger partial charge in [-0.1, -0.05) is 53.4 Å². The van der Waals surface area contributed by atoms with Crippen molar-refractivity contribution in [1.29, 1.82) is 0 Å². The summed E-state index contributed by atoms with van der Waals surface area (Å²) in [5.74, 6) is 0.677. The maximum Gasteiger partial charge on any atom is 0.306 e. The second-order valence-corrected chi connectivity index (χ2v) is 13.1. The Morgan fingerprint density at radius 2 is 1.81 bits per heavy atom. The first kappa shape index (κ1) is 33.0. The summed E-state index contributed by atoms with van der Waals surface area (Å²) in [6, 6.07) is 14.8. The highest BCUT2D eigenvalue weighted by molar-refractivity contribution is 9.10. The number of hydrogen-bond acceptors (Lipinski definition) is 8. The summed E-state index contributed by atoms with van der Waals surface area (Å²) in [5, 5.41) is 9.04. The number of hydrogen-bond donors (Lipinski definition) is 3. The van der Waals surface area contributed by atoms with Gasteiger partial charge in [0.15, 0.2) is 11.6 Å². The Morgan fingerprint density at radius 1 is 1.09 bits per heavy atom. The second-order valence-electron chi connectivity index (χ2n) is 12.2. The first-order chi connectivity index (χ1) is 20.6. The van der Waals surface area contributed by atoms with Crippen LogP contribution in [0, 0.1) is 5.92 Å². The molecule has 0 radical (unpaired) electrons. The van der Waals surface area contributed by atoms with Crippen LogP contribution in [0.5, 0.6) is 5.75 Å². The van der Waals surface area contributed by atoms with E-state index in [2.05, 4.69) is 26.8 Å². The molecule has 2 atom stereocenters. The zero-order valence-electron chi connectivity index (χ0n) is 25.4. The lowest BCUT2D eigenvalue weighted by Gasteiger charge is -2.32. The van der Waals surface area contributed by atoms with Gasteiger partial charge < -0.3 is 19.3 Å². The lowest BCUT2D eigenvalue weighted by molar-refractivity contribution is -0.155. The Hall–Kier alpha value is -2.95. The van der Waals surface area contributed by atoms with Crippen molar-refractivity contribution < 1.29 is 28.9 Å². The lowest BCUT2D eigenvalue weighted by atomic mass is 9.83. The van der Waals surface area contributed by atoms with E-state index in [0.717, 1.165) is 22.9 Å². The van der Waals surface area contributed by atoms with Crippen molar-refractivity contribution >= 4 is 33.7 Å². The molecule has 0 saturated heterocycles. The molecular formula is C33H44BrN3O6. The van der Waals surface area contributed by atoms with E-state index in [4.69, 9.17) is 24.3 Å². The van der Waals surface area contributed by atoms with Crippen LogP contribution in [0.3, 0.4) is 0 Å². The van der Waals surface area contributed by atoms with Crippen LogP contribution in [0.15, 0.2) is 58.0 Å². The molecule has 234 valence electrons. The van der Waals surface area contributed by atoms with Gasteiger partial charge in [0.05, 0.1) is 6.61 Å². The molecule has 0 spiro atoms. The average Bonchev–Trinajstić information content (AvgIpc) is 3.37. The smallest absolute Gasteiger partial charge is 0.306 e. The molecule has 1 saturated carbocycles. The van der Waals surface area contributed by atoms with Crippen LogP contribution in [0.4, 0.5) is 0 Å². The lowest BCUT2D eigenvalue weighted by Crippen LogP contribution is -2.53. The molecule has 9 nitrogen and oxygen atoms in total. The molecular weight excluding hydrogens is 614 g/mol. The number of amides is 1. The Labute approximate surface area is 262 Å². The van der Waals surface area contributed by atoms with Gasteiger partial charge >= 0.3 is 5.97 Å². The number of carbonyl (C=O) groups is 2. The average molecular weight is 659 g/mol. The van der Waals surface area contributed by atoms with Crippen LogP contribution >= 0.6 is 15.9 Å². The summed E-state index contributed by atoms with van der Waals surface area (Å²) in [6.07, 6.45) is 5.73. The van der Waals surface area contributed by atoms with Crippen molar-refractivity contribution in [3.05, 3.63) is 64.1 Å². The van der Waals surface area contributed by atoms with Crippen LogP contribution in [0.2, 0.25) is 0 Å². The number of carbonyl (C=O) groups excluding carboxylic acids is 2. The van der Waals surface area contributed by atoms with E-state index >= 15 is 0 Å². The molecule has 1 fully saturated rings. The van der Waals surface area contributed by atoms with Gasteiger partial charge in [-0.3, -0.25) is 15.0 Å².